The summed E-state index contributed by atoms with van der Waals surface area (Å²) in [4.78, 5) is 22.2. The van der Waals surface area contributed by atoms with Crippen LogP contribution in [0, 0.1) is 10.1 Å². The highest BCUT2D eigenvalue weighted by Crippen LogP contribution is 2.38. The maximum atomic E-state index is 12.0. The topological polar surface area (TPSA) is 109 Å². The van der Waals surface area contributed by atoms with Gasteiger partial charge in [-0.1, -0.05) is 6.07 Å². The van der Waals surface area contributed by atoms with E-state index in [0.717, 1.165) is 5.56 Å². The van der Waals surface area contributed by atoms with Crippen LogP contribution in [0.4, 0.5) is 5.69 Å². The fourth-order valence-corrected chi connectivity index (χ4v) is 2.32. The van der Waals surface area contributed by atoms with Crippen LogP contribution < -0.4 is 24.3 Å². The molecule has 0 saturated carbocycles. The zero-order chi connectivity index (χ0) is 19.8. The lowest BCUT2D eigenvalue weighted by molar-refractivity contribution is -0.384. The van der Waals surface area contributed by atoms with Gasteiger partial charge in [0.2, 0.25) is 5.75 Å². The van der Waals surface area contributed by atoms with Crippen molar-refractivity contribution < 1.29 is 28.7 Å². The summed E-state index contributed by atoms with van der Waals surface area (Å²) in [6.45, 7) is -0.0561. The van der Waals surface area contributed by atoms with Crippen LogP contribution in [0.2, 0.25) is 0 Å². The van der Waals surface area contributed by atoms with Crippen LogP contribution in [0.3, 0.4) is 0 Å². The SMILES string of the molecule is COc1cc(CNC(=O)COc2cccc([N+](=O)[O-])c2)cc(OC)c1OC. The predicted octanol–water partition coefficient (Wildman–Crippen LogP) is 2.32. The van der Waals surface area contributed by atoms with Gasteiger partial charge in [0.1, 0.15) is 5.75 Å². The molecule has 9 nitrogen and oxygen atoms in total. The summed E-state index contributed by atoms with van der Waals surface area (Å²) in [6, 6.07) is 9.08. The summed E-state index contributed by atoms with van der Waals surface area (Å²) in [6.07, 6.45) is 0. The Bertz CT molecular complexity index is 798. The zero-order valence-electron chi connectivity index (χ0n) is 15.2. The van der Waals surface area contributed by atoms with Crippen LogP contribution in [0.15, 0.2) is 36.4 Å². The molecule has 2 aromatic carbocycles. The Hall–Kier alpha value is -3.49. The van der Waals surface area contributed by atoms with Gasteiger partial charge < -0.3 is 24.3 Å². The molecule has 0 spiro atoms. The first-order valence-corrected chi connectivity index (χ1v) is 7.91. The summed E-state index contributed by atoms with van der Waals surface area (Å²) >= 11 is 0. The van der Waals surface area contributed by atoms with E-state index in [1.165, 1.54) is 39.5 Å². The number of ether oxygens (including phenoxy) is 4. The number of amides is 1. The molecule has 0 aliphatic rings. The third kappa shape index (κ3) is 5.24. The molecule has 0 aliphatic carbocycles. The Kier molecular flexibility index (Phi) is 6.81. The Morgan fingerprint density at radius 3 is 2.30 bits per heavy atom. The fourth-order valence-electron chi connectivity index (χ4n) is 2.32. The minimum Gasteiger partial charge on any atom is -0.493 e. The lowest BCUT2D eigenvalue weighted by Crippen LogP contribution is -2.28. The van der Waals surface area contributed by atoms with Crippen molar-refractivity contribution in [1.29, 1.82) is 0 Å². The molecular formula is C18H20N2O7. The molecule has 0 aliphatic heterocycles. The molecule has 0 atom stereocenters. The average Bonchev–Trinajstić information content (AvgIpc) is 2.69. The highest BCUT2D eigenvalue weighted by Gasteiger charge is 2.14. The Labute approximate surface area is 155 Å². The van der Waals surface area contributed by atoms with Crippen molar-refractivity contribution in [3.8, 4) is 23.0 Å². The lowest BCUT2D eigenvalue weighted by Gasteiger charge is -2.14. The highest BCUT2D eigenvalue weighted by atomic mass is 16.6. The van der Waals surface area contributed by atoms with E-state index in [2.05, 4.69) is 5.32 Å². The number of methoxy groups -OCH3 is 3. The molecular weight excluding hydrogens is 356 g/mol. The molecule has 0 fully saturated rings. The number of nitro groups is 1. The van der Waals surface area contributed by atoms with Gasteiger partial charge in [-0.15, -0.1) is 0 Å². The van der Waals surface area contributed by atoms with E-state index >= 15 is 0 Å². The van der Waals surface area contributed by atoms with E-state index < -0.39 is 4.92 Å². The minimum absolute atomic E-state index is 0.106. The van der Waals surface area contributed by atoms with Crippen LogP contribution in [0.5, 0.6) is 23.0 Å². The number of non-ortho nitro benzene ring substituents is 1. The number of nitrogens with one attached hydrogen (secondary N) is 1. The van der Waals surface area contributed by atoms with Crippen molar-refractivity contribution in [3.63, 3.8) is 0 Å². The third-order valence-corrected chi connectivity index (χ3v) is 3.61. The number of carbonyl (C=O) groups is 1. The molecule has 0 radical (unpaired) electrons. The maximum absolute atomic E-state index is 12.0. The second-order valence-corrected chi connectivity index (χ2v) is 5.35. The molecule has 0 unspecified atom stereocenters. The molecule has 0 saturated heterocycles. The van der Waals surface area contributed by atoms with Crippen molar-refractivity contribution >= 4 is 11.6 Å². The van der Waals surface area contributed by atoms with Crippen LogP contribution >= 0.6 is 0 Å². The van der Waals surface area contributed by atoms with Gasteiger partial charge in [-0.25, -0.2) is 0 Å². The molecule has 1 N–H and O–H groups in total. The quantitative estimate of drug-likeness (QED) is 0.528. The summed E-state index contributed by atoms with van der Waals surface area (Å²) in [5, 5.41) is 13.4. The third-order valence-electron chi connectivity index (χ3n) is 3.61. The van der Waals surface area contributed by atoms with E-state index in [4.69, 9.17) is 18.9 Å². The largest absolute Gasteiger partial charge is 0.493 e. The summed E-state index contributed by atoms with van der Waals surface area (Å²) in [5.41, 5.74) is 0.638. The first-order chi connectivity index (χ1) is 13.0. The molecule has 0 aromatic heterocycles. The van der Waals surface area contributed by atoms with Gasteiger partial charge in [0.05, 0.1) is 32.3 Å². The monoisotopic (exact) mass is 376 g/mol. The molecule has 0 bridgehead atoms. The van der Waals surface area contributed by atoms with Gasteiger partial charge >= 0.3 is 0 Å². The summed E-state index contributed by atoms with van der Waals surface area (Å²) < 4.78 is 21.1. The van der Waals surface area contributed by atoms with Gasteiger partial charge in [0, 0.05) is 12.6 Å². The molecule has 0 heterocycles. The molecule has 2 aromatic rings. The number of benzene rings is 2. The molecule has 9 heteroatoms. The van der Waals surface area contributed by atoms with Crippen molar-refractivity contribution in [2.45, 2.75) is 6.54 Å². The van der Waals surface area contributed by atoms with Gasteiger partial charge in [-0.3, -0.25) is 14.9 Å². The second kappa shape index (κ2) is 9.27. The molecule has 2 rings (SSSR count). The van der Waals surface area contributed by atoms with Gasteiger partial charge in [-0.05, 0) is 23.8 Å². The second-order valence-electron chi connectivity index (χ2n) is 5.35. The number of hydrogen-bond acceptors (Lipinski definition) is 7. The van der Waals surface area contributed by atoms with E-state index in [1.807, 2.05) is 0 Å². The van der Waals surface area contributed by atoms with Crippen molar-refractivity contribution in [3.05, 3.63) is 52.1 Å². The van der Waals surface area contributed by atoms with Crippen LogP contribution in [-0.4, -0.2) is 38.8 Å². The van der Waals surface area contributed by atoms with E-state index in [9.17, 15) is 14.9 Å². The van der Waals surface area contributed by atoms with Crippen LogP contribution in [0.25, 0.3) is 0 Å². The number of nitrogens with zero attached hydrogens (tertiary/aromatic N) is 1. The van der Waals surface area contributed by atoms with E-state index in [1.54, 1.807) is 18.2 Å². The van der Waals surface area contributed by atoms with Gasteiger partial charge in [0.15, 0.2) is 18.1 Å². The summed E-state index contributed by atoms with van der Waals surface area (Å²) in [7, 11) is 4.52. The lowest BCUT2D eigenvalue weighted by atomic mass is 10.1. The fraction of sp³-hybridized carbons (Fsp3) is 0.278. The predicted molar refractivity (Wildman–Crippen MR) is 96.5 cm³/mol. The first-order valence-electron chi connectivity index (χ1n) is 7.91. The standard InChI is InChI=1S/C18H20N2O7/c1-24-15-7-12(8-16(25-2)18(15)26-3)10-19-17(21)11-27-14-6-4-5-13(9-14)20(22)23/h4-9H,10-11H2,1-3H3,(H,19,21). The smallest absolute Gasteiger partial charge is 0.273 e. The first kappa shape index (κ1) is 19.8. The van der Waals surface area contributed by atoms with Crippen LogP contribution in [0.1, 0.15) is 5.56 Å². The van der Waals surface area contributed by atoms with Crippen molar-refractivity contribution in [2.75, 3.05) is 27.9 Å². The van der Waals surface area contributed by atoms with Gasteiger partial charge in [0.25, 0.3) is 11.6 Å². The highest BCUT2D eigenvalue weighted by molar-refractivity contribution is 5.77. The molecule has 1 amide bonds. The number of rotatable bonds is 9. The van der Waals surface area contributed by atoms with Crippen molar-refractivity contribution in [1.82, 2.24) is 5.32 Å². The Morgan fingerprint density at radius 1 is 1.07 bits per heavy atom. The maximum Gasteiger partial charge on any atom is 0.273 e. The van der Waals surface area contributed by atoms with Crippen LogP contribution in [-0.2, 0) is 11.3 Å². The Morgan fingerprint density at radius 2 is 1.74 bits per heavy atom. The number of nitro benzene ring substituents is 1. The van der Waals surface area contributed by atoms with Gasteiger partial charge in [-0.2, -0.15) is 0 Å². The number of carbonyl (C=O) groups excluding carboxylic acids is 1. The number of hydrogen-bond donors (Lipinski definition) is 1. The molecule has 144 valence electrons. The Balaban J connectivity index is 1.95. The minimum atomic E-state index is -0.530. The van der Waals surface area contributed by atoms with Crippen molar-refractivity contribution in [2.24, 2.45) is 0 Å². The van der Waals surface area contributed by atoms with E-state index in [-0.39, 0.29) is 30.5 Å². The van der Waals surface area contributed by atoms with E-state index in [0.29, 0.717) is 17.2 Å². The zero-order valence-corrected chi connectivity index (χ0v) is 15.2. The molecule has 27 heavy (non-hydrogen) atoms. The normalized spacial score (nSPS) is 10.0. The average molecular weight is 376 g/mol. The summed E-state index contributed by atoms with van der Waals surface area (Å²) in [5.74, 6) is 1.29.